The molecule has 0 spiro atoms. The van der Waals surface area contributed by atoms with Crippen LogP contribution in [0.5, 0.6) is 0 Å². The summed E-state index contributed by atoms with van der Waals surface area (Å²) in [4.78, 5) is 2.61. The highest BCUT2D eigenvalue weighted by molar-refractivity contribution is 4.82. The minimum absolute atomic E-state index is 0.653. The minimum Gasteiger partial charge on any atom is -0.329 e. The standard InChI is InChI=1S/C12H26N2/c1-3-4-5-8-14-9-6-7-11(2)12(14)10-13/h11-12H,3-10,13H2,1-2H3. The highest BCUT2D eigenvalue weighted by atomic mass is 15.2. The van der Waals surface area contributed by atoms with Gasteiger partial charge in [-0.15, -0.1) is 0 Å². The van der Waals surface area contributed by atoms with Crippen LogP contribution in [0.3, 0.4) is 0 Å². The molecule has 0 aliphatic carbocycles. The number of likely N-dealkylation sites (tertiary alicyclic amines) is 1. The third kappa shape index (κ3) is 3.25. The molecule has 0 saturated carbocycles. The fourth-order valence-electron chi connectivity index (χ4n) is 2.56. The minimum atomic E-state index is 0.653. The Bertz CT molecular complexity index is 147. The van der Waals surface area contributed by atoms with Crippen molar-refractivity contribution in [3.8, 4) is 0 Å². The summed E-state index contributed by atoms with van der Waals surface area (Å²) >= 11 is 0. The van der Waals surface area contributed by atoms with Crippen LogP contribution in [-0.4, -0.2) is 30.6 Å². The first-order valence-electron chi connectivity index (χ1n) is 6.23. The molecule has 2 atom stereocenters. The molecule has 1 fully saturated rings. The van der Waals surface area contributed by atoms with Crippen LogP contribution in [0.1, 0.15) is 46.0 Å². The molecule has 2 N–H and O–H groups in total. The van der Waals surface area contributed by atoms with Gasteiger partial charge < -0.3 is 5.73 Å². The van der Waals surface area contributed by atoms with Gasteiger partial charge in [0.15, 0.2) is 0 Å². The summed E-state index contributed by atoms with van der Waals surface area (Å²) in [5, 5.41) is 0. The van der Waals surface area contributed by atoms with Gasteiger partial charge in [-0.1, -0.05) is 26.7 Å². The van der Waals surface area contributed by atoms with E-state index in [1.54, 1.807) is 0 Å². The quantitative estimate of drug-likeness (QED) is 0.686. The molecular weight excluding hydrogens is 172 g/mol. The fourth-order valence-corrected chi connectivity index (χ4v) is 2.56. The lowest BCUT2D eigenvalue weighted by Crippen LogP contribution is -2.48. The number of nitrogens with zero attached hydrogens (tertiary/aromatic N) is 1. The first kappa shape index (κ1) is 12.0. The number of rotatable bonds is 5. The van der Waals surface area contributed by atoms with Gasteiger partial charge in [-0.3, -0.25) is 4.90 Å². The first-order chi connectivity index (χ1) is 6.79. The van der Waals surface area contributed by atoms with Crippen LogP contribution in [0, 0.1) is 5.92 Å². The zero-order chi connectivity index (χ0) is 10.4. The van der Waals surface area contributed by atoms with Crippen LogP contribution in [0.4, 0.5) is 0 Å². The normalized spacial score (nSPS) is 29.4. The number of hydrogen-bond acceptors (Lipinski definition) is 2. The number of hydrogen-bond donors (Lipinski definition) is 1. The van der Waals surface area contributed by atoms with Crippen LogP contribution in [0.15, 0.2) is 0 Å². The van der Waals surface area contributed by atoms with E-state index in [4.69, 9.17) is 5.73 Å². The summed E-state index contributed by atoms with van der Waals surface area (Å²) in [5.74, 6) is 0.801. The van der Waals surface area contributed by atoms with E-state index in [0.29, 0.717) is 6.04 Å². The van der Waals surface area contributed by atoms with Gasteiger partial charge in [0, 0.05) is 12.6 Å². The average molecular weight is 198 g/mol. The van der Waals surface area contributed by atoms with Gasteiger partial charge in [-0.2, -0.15) is 0 Å². The lowest BCUT2D eigenvalue weighted by atomic mass is 9.90. The summed E-state index contributed by atoms with van der Waals surface area (Å²) in [6, 6.07) is 0.653. The maximum Gasteiger partial charge on any atom is 0.0243 e. The molecule has 1 aliphatic heterocycles. The fraction of sp³-hybridized carbons (Fsp3) is 1.00. The van der Waals surface area contributed by atoms with Gasteiger partial charge in [0.05, 0.1) is 0 Å². The highest BCUT2D eigenvalue weighted by Gasteiger charge is 2.26. The summed E-state index contributed by atoms with van der Waals surface area (Å²) in [6.45, 7) is 7.99. The highest BCUT2D eigenvalue weighted by Crippen LogP contribution is 2.22. The molecule has 0 radical (unpaired) electrons. The van der Waals surface area contributed by atoms with Crippen molar-refractivity contribution < 1.29 is 0 Å². The van der Waals surface area contributed by atoms with E-state index in [2.05, 4.69) is 18.7 Å². The van der Waals surface area contributed by atoms with E-state index in [9.17, 15) is 0 Å². The van der Waals surface area contributed by atoms with Gasteiger partial charge in [0.2, 0.25) is 0 Å². The van der Waals surface area contributed by atoms with Crippen LogP contribution in [0.2, 0.25) is 0 Å². The van der Waals surface area contributed by atoms with Crippen LogP contribution >= 0.6 is 0 Å². The lowest BCUT2D eigenvalue weighted by molar-refractivity contribution is 0.104. The second-order valence-electron chi connectivity index (χ2n) is 4.67. The number of piperidine rings is 1. The van der Waals surface area contributed by atoms with E-state index in [1.165, 1.54) is 45.2 Å². The first-order valence-corrected chi connectivity index (χ1v) is 6.23. The smallest absolute Gasteiger partial charge is 0.0243 e. The lowest BCUT2D eigenvalue weighted by Gasteiger charge is -2.39. The topological polar surface area (TPSA) is 29.3 Å². The Balaban J connectivity index is 2.32. The van der Waals surface area contributed by atoms with E-state index in [-0.39, 0.29) is 0 Å². The number of unbranched alkanes of at least 4 members (excludes halogenated alkanes) is 2. The maximum atomic E-state index is 5.85. The molecule has 2 unspecified atom stereocenters. The monoisotopic (exact) mass is 198 g/mol. The Hall–Kier alpha value is -0.0800. The predicted octanol–water partition coefficient (Wildman–Crippen LogP) is 2.24. The second-order valence-corrected chi connectivity index (χ2v) is 4.67. The molecule has 1 aliphatic rings. The molecule has 2 nitrogen and oxygen atoms in total. The van der Waals surface area contributed by atoms with Crippen molar-refractivity contribution in [3.05, 3.63) is 0 Å². The average Bonchev–Trinajstić information content (AvgIpc) is 2.18. The predicted molar refractivity (Wildman–Crippen MR) is 62.3 cm³/mol. The molecule has 84 valence electrons. The van der Waals surface area contributed by atoms with E-state index in [1.807, 2.05) is 0 Å². The molecule has 0 bridgehead atoms. The Morgan fingerprint density at radius 1 is 1.36 bits per heavy atom. The van der Waals surface area contributed by atoms with Crippen molar-refractivity contribution in [3.63, 3.8) is 0 Å². The molecule has 0 amide bonds. The van der Waals surface area contributed by atoms with Gasteiger partial charge in [-0.25, -0.2) is 0 Å². The molecule has 1 saturated heterocycles. The molecule has 0 aromatic rings. The zero-order valence-electron chi connectivity index (χ0n) is 9.84. The van der Waals surface area contributed by atoms with E-state index in [0.717, 1.165) is 12.5 Å². The van der Waals surface area contributed by atoms with Crippen molar-refractivity contribution in [1.29, 1.82) is 0 Å². The maximum absolute atomic E-state index is 5.85. The van der Waals surface area contributed by atoms with E-state index >= 15 is 0 Å². The van der Waals surface area contributed by atoms with Crippen LogP contribution < -0.4 is 5.73 Å². The molecule has 2 heteroatoms. The third-order valence-corrected chi connectivity index (χ3v) is 3.52. The third-order valence-electron chi connectivity index (χ3n) is 3.52. The summed E-state index contributed by atoms with van der Waals surface area (Å²) in [7, 11) is 0. The molecule has 0 aromatic heterocycles. The van der Waals surface area contributed by atoms with Crippen molar-refractivity contribution in [2.75, 3.05) is 19.6 Å². The van der Waals surface area contributed by atoms with Crippen molar-refractivity contribution in [2.24, 2.45) is 11.7 Å². The molecule has 0 aromatic carbocycles. The second kappa shape index (κ2) is 6.41. The van der Waals surface area contributed by atoms with Crippen molar-refractivity contribution in [1.82, 2.24) is 4.90 Å². The summed E-state index contributed by atoms with van der Waals surface area (Å²) in [5.41, 5.74) is 5.85. The SMILES string of the molecule is CCCCCN1CCCC(C)C1CN. The summed E-state index contributed by atoms with van der Waals surface area (Å²) in [6.07, 6.45) is 6.76. The Morgan fingerprint density at radius 3 is 2.79 bits per heavy atom. The van der Waals surface area contributed by atoms with Crippen LogP contribution in [0.25, 0.3) is 0 Å². The molecule has 1 rings (SSSR count). The van der Waals surface area contributed by atoms with Gasteiger partial charge in [0.25, 0.3) is 0 Å². The molecular formula is C12H26N2. The Morgan fingerprint density at radius 2 is 2.14 bits per heavy atom. The van der Waals surface area contributed by atoms with Gasteiger partial charge in [0.1, 0.15) is 0 Å². The largest absolute Gasteiger partial charge is 0.329 e. The zero-order valence-corrected chi connectivity index (χ0v) is 9.84. The number of nitrogens with two attached hydrogens (primary N) is 1. The van der Waals surface area contributed by atoms with E-state index < -0.39 is 0 Å². The molecule has 14 heavy (non-hydrogen) atoms. The van der Waals surface area contributed by atoms with Gasteiger partial charge in [-0.05, 0) is 38.3 Å². The van der Waals surface area contributed by atoms with Gasteiger partial charge >= 0.3 is 0 Å². The Kier molecular flexibility index (Phi) is 5.49. The molecule has 1 heterocycles. The van der Waals surface area contributed by atoms with Crippen molar-refractivity contribution >= 4 is 0 Å². The summed E-state index contributed by atoms with van der Waals surface area (Å²) < 4.78 is 0. The van der Waals surface area contributed by atoms with Crippen LogP contribution in [-0.2, 0) is 0 Å². The Labute approximate surface area is 88.8 Å². The van der Waals surface area contributed by atoms with Crippen molar-refractivity contribution in [2.45, 2.75) is 52.0 Å².